The van der Waals surface area contributed by atoms with Crippen molar-refractivity contribution in [2.75, 3.05) is 13.1 Å². The summed E-state index contributed by atoms with van der Waals surface area (Å²) in [5, 5.41) is 11.4. The summed E-state index contributed by atoms with van der Waals surface area (Å²) in [6.45, 7) is 2.79. The second kappa shape index (κ2) is 10.1. The van der Waals surface area contributed by atoms with Crippen molar-refractivity contribution in [2.24, 2.45) is 11.7 Å². The maximum absolute atomic E-state index is 11.3. The number of hydrogen-bond acceptors (Lipinski definition) is 3. The van der Waals surface area contributed by atoms with Gasteiger partial charge in [0.2, 0.25) is 5.91 Å². The summed E-state index contributed by atoms with van der Waals surface area (Å²) >= 11 is 0. The zero-order valence-electron chi connectivity index (χ0n) is 10.6. The molecule has 0 spiro atoms. The Morgan fingerprint density at radius 3 is 2.47 bits per heavy atom. The summed E-state index contributed by atoms with van der Waals surface area (Å²) < 4.78 is 0. The first kappa shape index (κ1) is 15.9. The van der Waals surface area contributed by atoms with Gasteiger partial charge in [-0.3, -0.25) is 9.59 Å². The van der Waals surface area contributed by atoms with Gasteiger partial charge in [0.15, 0.2) is 0 Å². The monoisotopic (exact) mass is 244 g/mol. The molecule has 0 aliphatic rings. The standard InChI is InChI=1S/C12H24N2O3/c1-10(12(16)17)7-9-14-11(15)6-4-2-3-5-8-13/h10H,2-9,13H2,1H3,(H,14,15)(H,16,17). The number of rotatable bonds is 10. The lowest BCUT2D eigenvalue weighted by atomic mass is 10.1. The van der Waals surface area contributed by atoms with E-state index in [1.165, 1.54) is 0 Å². The Kier molecular flexibility index (Phi) is 9.43. The third kappa shape index (κ3) is 9.81. The minimum atomic E-state index is -0.818. The second-order valence-corrected chi connectivity index (χ2v) is 4.33. The Balaban J connectivity index is 3.38. The Morgan fingerprint density at radius 2 is 1.88 bits per heavy atom. The van der Waals surface area contributed by atoms with Gasteiger partial charge in [0, 0.05) is 13.0 Å². The maximum atomic E-state index is 11.3. The van der Waals surface area contributed by atoms with E-state index < -0.39 is 11.9 Å². The highest BCUT2D eigenvalue weighted by Gasteiger charge is 2.10. The summed E-state index contributed by atoms with van der Waals surface area (Å²) in [7, 11) is 0. The molecule has 5 nitrogen and oxygen atoms in total. The number of aliphatic carboxylic acids is 1. The molecule has 0 bridgehead atoms. The smallest absolute Gasteiger partial charge is 0.306 e. The molecule has 1 unspecified atom stereocenters. The highest BCUT2D eigenvalue weighted by Crippen LogP contribution is 2.03. The van der Waals surface area contributed by atoms with Crippen molar-refractivity contribution in [3.63, 3.8) is 0 Å². The lowest BCUT2D eigenvalue weighted by molar-refractivity contribution is -0.141. The summed E-state index contributed by atoms with van der Waals surface area (Å²) in [6.07, 6.45) is 4.98. The SMILES string of the molecule is CC(CCNC(=O)CCCCCCN)C(=O)O. The largest absolute Gasteiger partial charge is 0.481 e. The summed E-state index contributed by atoms with van der Waals surface area (Å²) in [6, 6.07) is 0. The first-order chi connectivity index (χ1) is 8.07. The number of carboxylic acids is 1. The molecule has 0 aromatic carbocycles. The van der Waals surface area contributed by atoms with Crippen LogP contribution in [0.1, 0.15) is 45.4 Å². The topological polar surface area (TPSA) is 92.4 Å². The van der Waals surface area contributed by atoms with E-state index in [9.17, 15) is 9.59 Å². The lowest BCUT2D eigenvalue weighted by Crippen LogP contribution is -2.26. The molecule has 0 rings (SSSR count). The van der Waals surface area contributed by atoms with E-state index in [0.717, 1.165) is 25.7 Å². The highest BCUT2D eigenvalue weighted by atomic mass is 16.4. The normalized spacial score (nSPS) is 12.1. The van der Waals surface area contributed by atoms with Gasteiger partial charge in [-0.15, -0.1) is 0 Å². The van der Waals surface area contributed by atoms with Crippen molar-refractivity contribution in [1.82, 2.24) is 5.32 Å². The molecule has 0 fully saturated rings. The molecule has 0 radical (unpaired) electrons. The van der Waals surface area contributed by atoms with Crippen LogP contribution in [0, 0.1) is 5.92 Å². The molecule has 1 amide bonds. The number of carbonyl (C=O) groups is 2. The average Bonchev–Trinajstić information content (AvgIpc) is 2.28. The van der Waals surface area contributed by atoms with E-state index in [1.54, 1.807) is 6.92 Å². The maximum Gasteiger partial charge on any atom is 0.306 e. The molecule has 0 heterocycles. The molecule has 0 aromatic rings. The molecule has 0 aliphatic heterocycles. The van der Waals surface area contributed by atoms with Gasteiger partial charge >= 0.3 is 5.97 Å². The fourth-order valence-corrected chi connectivity index (χ4v) is 1.42. The first-order valence-electron chi connectivity index (χ1n) is 6.27. The number of amides is 1. The van der Waals surface area contributed by atoms with Crippen molar-refractivity contribution in [2.45, 2.75) is 45.4 Å². The first-order valence-corrected chi connectivity index (χ1v) is 6.27. The molecule has 0 saturated heterocycles. The van der Waals surface area contributed by atoms with Crippen LogP contribution in [0.15, 0.2) is 0 Å². The van der Waals surface area contributed by atoms with E-state index in [-0.39, 0.29) is 5.91 Å². The Morgan fingerprint density at radius 1 is 1.24 bits per heavy atom. The van der Waals surface area contributed by atoms with Gasteiger partial charge in [0.25, 0.3) is 0 Å². The number of nitrogens with two attached hydrogens (primary N) is 1. The van der Waals surface area contributed by atoms with Crippen molar-refractivity contribution in [3.05, 3.63) is 0 Å². The third-order valence-corrected chi connectivity index (χ3v) is 2.68. The van der Waals surface area contributed by atoms with Crippen LogP contribution in [0.4, 0.5) is 0 Å². The average molecular weight is 244 g/mol. The number of nitrogens with one attached hydrogen (secondary N) is 1. The Labute approximate surface area is 103 Å². The van der Waals surface area contributed by atoms with Gasteiger partial charge in [-0.1, -0.05) is 19.8 Å². The van der Waals surface area contributed by atoms with Crippen LogP contribution in [0.2, 0.25) is 0 Å². The summed E-state index contributed by atoms with van der Waals surface area (Å²) in [5.74, 6) is -1.21. The van der Waals surface area contributed by atoms with E-state index in [2.05, 4.69) is 5.32 Å². The quantitative estimate of drug-likeness (QED) is 0.502. The Hall–Kier alpha value is -1.10. The Bertz CT molecular complexity index is 232. The predicted molar refractivity (Wildman–Crippen MR) is 66.6 cm³/mol. The number of hydrogen-bond donors (Lipinski definition) is 3. The minimum Gasteiger partial charge on any atom is -0.481 e. The zero-order valence-corrected chi connectivity index (χ0v) is 10.6. The molecular formula is C12H24N2O3. The fourth-order valence-electron chi connectivity index (χ4n) is 1.42. The highest BCUT2D eigenvalue weighted by molar-refractivity contribution is 5.75. The van der Waals surface area contributed by atoms with Crippen LogP contribution in [0.3, 0.4) is 0 Å². The van der Waals surface area contributed by atoms with E-state index in [0.29, 0.717) is 25.9 Å². The molecule has 1 atom stereocenters. The van der Waals surface area contributed by atoms with Crippen molar-refractivity contribution >= 4 is 11.9 Å². The molecule has 0 aliphatic carbocycles. The van der Waals surface area contributed by atoms with Crippen molar-refractivity contribution < 1.29 is 14.7 Å². The van der Waals surface area contributed by atoms with E-state index >= 15 is 0 Å². The molecule has 17 heavy (non-hydrogen) atoms. The molecule has 5 heteroatoms. The fraction of sp³-hybridized carbons (Fsp3) is 0.833. The van der Waals surface area contributed by atoms with Gasteiger partial charge in [-0.05, 0) is 25.8 Å². The van der Waals surface area contributed by atoms with Crippen LogP contribution >= 0.6 is 0 Å². The molecule has 4 N–H and O–H groups in total. The third-order valence-electron chi connectivity index (χ3n) is 2.68. The molecule has 0 aromatic heterocycles. The van der Waals surface area contributed by atoms with Crippen LogP contribution in [-0.2, 0) is 9.59 Å². The number of carboxylic acid groups (broad SMARTS) is 1. The molecule has 0 saturated carbocycles. The van der Waals surface area contributed by atoms with Crippen LogP contribution < -0.4 is 11.1 Å². The predicted octanol–water partition coefficient (Wildman–Crippen LogP) is 1.12. The molecule has 100 valence electrons. The van der Waals surface area contributed by atoms with Crippen molar-refractivity contribution in [1.29, 1.82) is 0 Å². The lowest BCUT2D eigenvalue weighted by Gasteiger charge is -2.07. The van der Waals surface area contributed by atoms with Gasteiger partial charge < -0.3 is 16.2 Å². The summed E-state index contributed by atoms with van der Waals surface area (Å²) in [5.41, 5.74) is 5.36. The van der Waals surface area contributed by atoms with Crippen LogP contribution in [0.5, 0.6) is 0 Å². The number of carbonyl (C=O) groups excluding carboxylic acids is 1. The minimum absolute atomic E-state index is 0.00957. The van der Waals surface area contributed by atoms with Crippen LogP contribution in [-0.4, -0.2) is 30.1 Å². The van der Waals surface area contributed by atoms with Crippen molar-refractivity contribution in [3.8, 4) is 0 Å². The van der Waals surface area contributed by atoms with Crippen LogP contribution in [0.25, 0.3) is 0 Å². The van der Waals surface area contributed by atoms with Gasteiger partial charge in [-0.2, -0.15) is 0 Å². The number of unbranched alkanes of at least 4 members (excludes halogenated alkanes) is 3. The molecular weight excluding hydrogens is 220 g/mol. The zero-order chi connectivity index (χ0) is 13.1. The second-order valence-electron chi connectivity index (χ2n) is 4.33. The van der Waals surface area contributed by atoms with E-state index in [4.69, 9.17) is 10.8 Å². The van der Waals surface area contributed by atoms with E-state index in [1.807, 2.05) is 0 Å². The van der Waals surface area contributed by atoms with Gasteiger partial charge in [-0.25, -0.2) is 0 Å². The summed E-state index contributed by atoms with van der Waals surface area (Å²) in [4.78, 5) is 21.9. The van der Waals surface area contributed by atoms with Gasteiger partial charge in [0.1, 0.15) is 0 Å². The van der Waals surface area contributed by atoms with Gasteiger partial charge in [0.05, 0.1) is 5.92 Å².